The summed E-state index contributed by atoms with van der Waals surface area (Å²) in [6.45, 7) is 1.71. The predicted molar refractivity (Wildman–Crippen MR) is 148 cm³/mol. The minimum atomic E-state index is -0.424. The van der Waals surface area contributed by atoms with Crippen molar-refractivity contribution in [3.63, 3.8) is 0 Å². The normalized spacial score (nSPS) is 23.2. The van der Waals surface area contributed by atoms with Crippen molar-refractivity contribution in [2.24, 2.45) is 5.73 Å². The molecule has 0 aliphatic carbocycles. The first-order valence-electron chi connectivity index (χ1n) is 13.2. The summed E-state index contributed by atoms with van der Waals surface area (Å²) in [5, 5.41) is 0. The molecule has 1 heterocycles. The van der Waals surface area contributed by atoms with E-state index in [4.69, 9.17) is 24.7 Å². The fraction of sp³-hybridized carbons (Fsp3) is 0.273. The van der Waals surface area contributed by atoms with Crippen LogP contribution in [0.15, 0.2) is 121 Å². The Bertz CT molecular complexity index is 1210. The standard InChI is InChI=1S/C33H35NO4/c34-30-31(28-19-11-4-12-20-28)38-29(24-35-21-25-13-5-1-6-14-25)32(36-22-26-15-7-2-8-16-26)33(30)37-23-27-17-9-3-10-18-27/h1-20,29-33H,21-24,34H2/t29-,30+,31+,32+,33-/m1/s1. The molecule has 0 unspecified atom stereocenters. The molecule has 0 amide bonds. The number of benzene rings is 4. The van der Waals surface area contributed by atoms with Crippen molar-refractivity contribution in [1.82, 2.24) is 0 Å². The quantitative estimate of drug-likeness (QED) is 0.275. The van der Waals surface area contributed by atoms with E-state index in [0.717, 1.165) is 22.3 Å². The van der Waals surface area contributed by atoms with Gasteiger partial charge in [0.2, 0.25) is 0 Å². The lowest BCUT2D eigenvalue weighted by Crippen LogP contribution is -2.60. The molecule has 1 aliphatic heterocycles. The fourth-order valence-electron chi connectivity index (χ4n) is 4.85. The van der Waals surface area contributed by atoms with Gasteiger partial charge in [-0.05, 0) is 22.3 Å². The Morgan fingerprint density at radius 3 is 1.53 bits per heavy atom. The average molecular weight is 510 g/mol. The maximum absolute atomic E-state index is 6.89. The molecule has 0 spiro atoms. The van der Waals surface area contributed by atoms with Crippen LogP contribution in [0.4, 0.5) is 0 Å². The molecular formula is C33H35NO4. The Morgan fingerprint density at radius 2 is 1.00 bits per heavy atom. The summed E-state index contributed by atoms with van der Waals surface area (Å²) in [6.07, 6.45) is -1.53. The lowest BCUT2D eigenvalue weighted by Gasteiger charge is -2.45. The third-order valence-electron chi connectivity index (χ3n) is 6.83. The Labute approximate surface area is 225 Å². The second kappa shape index (κ2) is 13.5. The Balaban J connectivity index is 1.39. The maximum Gasteiger partial charge on any atom is 0.114 e. The van der Waals surface area contributed by atoms with E-state index in [9.17, 15) is 0 Å². The van der Waals surface area contributed by atoms with E-state index in [2.05, 4.69) is 36.4 Å². The maximum atomic E-state index is 6.89. The highest BCUT2D eigenvalue weighted by molar-refractivity contribution is 5.22. The topological polar surface area (TPSA) is 62.9 Å². The van der Waals surface area contributed by atoms with E-state index in [1.54, 1.807) is 0 Å². The first kappa shape index (κ1) is 26.3. The molecule has 196 valence electrons. The molecule has 38 heavy (non-hydrogen) atoms. The average Bonchev–Trinajstić information content (AvgIpc) is 2.98. The van der Waals surface area contributed by atoms with Crippen LogP contribution in [0.5, 0.6) is 0 Å². The van der Waals surface area contributed by atoms with Gasteiger partial charge in [-0.3, -0.25) is 0 Å². The molecular weight excluding hydrogens is 474 g/mol. The van der Waals surface area contributed by atoms with E-state index in [0.29, 0.717) is 26.4 Å². The Hall–Kier alpha value is -3.32. The zero-order chi connectivity index (χ0) is 26.0. The number of nitrogens with two attached hydrogens (primary N) is 1. The van der Waals surface area contributed by atoms with E-state index >= 15 is 0 Å². The van der Waals surface area contributed by atoms with Gasteiger partial charge in [-0.25, -0.2) is 0 Å². The monoisotopic (exact) mass is 509 g/mol. The molecule has 5 heteroatoms. The summed E-state index contributed by atoms with van der Waals surface area (Å²) in [5.74, 6) is 0. The molecule has 0 radical (unpaired) electrons. The van der Waals surface area contributed by atoms with Gasteiger partial charge in [-0.15, -0.1) is 0 Å². The molecule has 5 nitrogen and oxygen atoms in total. The third-order valence-corrected chi connectivity index (χ3v) is 6.83. The summed E-state index contributed by atoms with van der Waals surface area (Å²) >= 11 is 0. The van der Waals surface area contributed by atoms with Gasteiger partial charge < -0.3 is 24.7 Å². The molecule has 2 N–H and O–H groups in total. The van der Waals surface area contributed by atoms with Gasteiger partial charge in [0, 0.05) is 0 Å². The molecule has 5 atom stereocenters. The van der Waals surface area contributed by atoms with E-state index in [-0.39, 0.29) is 12.2 Å². The second-order valence-electron chi connectivity index (χ2n) is 9.61. The molecule has 0 aromatic heterocycles. The van der Waals surface area contributed by atoms with Crippen molar-refractivity contribution in [3.8, 4) is 0 Å². The zero-order valence-electron chi connectivity index (χ0n) is 21.5. The zero-order valence-corrected chi connectivity index (χ0v) is 21.5. The Morgan fingerprint density at radius 1 is 0.553 bits per heavy atom. The van der Waals surface area contributed by atoms with Gasteiger partial charge in [0.15, 0.2) is 0 Å². The molecule has 4 aromatic rings. The molecule has 0 bridgehead atoms. The summed E-state index contributed by atoms with van der Waals surface area (Å²) < 4.78 is 25.9. The SMILES string of the molecule is N[C@@H]1[C@@H](OCc2ccccc2)[C@@H](OCc2ccccc2)[C@@H](COCc2ccccc2)O[C@H]1c1ccccc1. The summed E-state index contributed by atoms with van der Waals surface area (Å²) in [7, 11) is 0. The van der Waals surface area contributed by atoms with Crippen molar-refractivity contribution >= 4 is 0 Å². The smallest absolute Gasteiger partial charge is 0.114 e. The molecule has 1 aliphatic rings. The highest BCUT2D eigenvalue weighted by atomic mass is 16.6. The highest BCUT2D eigenvalue weighted by Crippen LogP contribution is 2.35. The second-order valence-corrected chi connectivity index (χ2v) is 9.61. The third kappa shape index (κ3) is 6.95. The van der Waals surface area contributed by atoms with Gasteiger partial charge >= 0.3 is 0 Å². The van der Waals surface area contributed by atoms with Gasteiger partial charge in [0.05, 0.1) is 32.5 Å². The summed E-state index contributed by atoms with van der Waals surface area (Å²) in [5.41, 5.74) is 11.2. The van der Waals surface area contributed by atoms with Crippen LogP contribution >= 0.6 is 0 Å². The first-order valence-corrected chi connectivity index (χ1v) is 13.2. The van der Waals surface area contributed by atoms with Crippen molar-refractivity contribution in [2.45, 2.75) is 50.3 Å². The van der Waals surface area contributed by atoms with Gasteiger partial charge in [0.25, 0.3) is 0 Å². The van der Waals surface area contributed by atoms with E-state index in [1.807, 2.05) is 84.9 Å². The number of hydrogen-bond acceptors (Lipinski definition) is 5. The number of rotatable bonds is 11. The number of ether oxygens (including phenoxy) is 4. The molecule has 5 rings (SSSR count). The van der Waals surface area contributed by atoms with Crippen molar-refractivity contribution in [3.05, 3.63) is 144 Å². The Kier molecular flexibility index (Phi) is 9.32. The fourth-order valence-corrected chi connectivity index (χ4v) is 4.85. The minimum Gasteiger partial charge on any atom is -0.374 e. The van der Waals surface area contributed by atoms with Crippen LogP contribution in [0.3, 0.4) is 0 Å². The van der Waals surface area contributed by atoms with Crippen LogP contribution in [0, 0.1) is 0 Å². The van der Waals surface area contributed by atoms with Crippen LogP contribution in [0.2, 0.25) is 0 Å². The largest absolute Gasteiger partial charge is 0.374 e. The van der Waals surface area contributed by atoms with Gasteiger partial charge in [-0.1, -0.05) is 121 Å². The summed E-state index contributed by atoms with van der Waals surface area (Å²) in [6, 6.07) is 40.1. The number of hydrogen-bond donors (Lipinski definition) is 1. The lowest BCUT2D eigenvalue weighted by atomic mass is 9.89. The molecule has 4 aromatic carbocycles. The van der Waals surface area contributed by atoms with Crippen molar-refractivity contribution in [1.29, 1.82) is 0 Å². The molecule has 1 fully saturated rings. The lowest BCUT2D eigenvalue weighted by molar-refractivity contribution is -0.230. The van der Waals surface area contributed by atoms with Gasteiger partial charge in [-0.2, -0.15) is 0 Å². The van der Waals surface area contributed by atoms with Crippen LogP contribution < -0.4 is 5.73 Å². The molecule has 0 saturated carbocycles. The first-order chi connectivity index (χ1) is 18.8. The van der Waals surface area contributed by atoms with Crippen LogP contribution in [-0.2, 0) is 38.8 Å². The highest BCUT2D eigenvalue weighted by Gasteiger charge is 2.46. The van der Waals surface area contributed by atoms with Gasteiger partial charge in [0.1, 0.15) is 24.4 Å². The molecule has 1 saturated heterocycles. The van der Waals surface area contributed by atoms with Crippen LogP contribution in [0.1, 0.15) is 28.4 Å². The predicted octanol–water partition coefficient (Wildman–Crippen LogP) is 5.84. The minimum absolute atomic E-state index is 0.348. The van der Waals surface area contributed by atoms with E-state index < -0.39 is 18.2 Å². The van der Waals surface area contributed by atoms with Crippen LogP contribution in [0.25, 0.3) is 0 Å². The van der Waals surface area contributed by atoms with Crippen molar-refractivity contribution in [2.75, 3.05) is 6.61 Å². The summed E-state index contributed by atoms with van der Waals surface area (Å²) in [4.78, 5) is 0. The van der Waals surface area contributed by atoms with E-state index in [1.165, 1.54) is 0 Å². The van der Waals surface area contributed by atoms with Crippen LogP contribution in [-0.4, -0.2) is 31.0 Å². The van der Waals surface area contributed by atoms with Crippen molar-refractivity contribution < 1.29 is 18.9 Å².